The third kappa shape index (κ3) is 4.89. The molecule has 0 amide bonds. The molecule has 1 atom stereocenters. The molecule has 0 saturated heterocycles. The first-order chi connectivity index (χ1) is 13.2. The maximum atomic E-state index is 13.2. The minimum Gasteiger partial charge on any atom is -0.330 e. The van der Waals surface area contributed by atoms with Crippen molar-refractivity contribution in [3.8, 4) is 0 Å². The summed E-state index contributed by atoms with van der Waals surface area (Å²) in [5.74, 6) is 0. The first kappa shape index (κ1) is 19.4. The molecular formula is C22H25N3OS. The van der Waals surface area contributed by atoms with E-state index in [4.69, 9.17) is 5.73 Å². The topological polar surface area (TPSA) is 60.0 Å². The number of nitrogens with zero attached hydrogens (tertiary/aromatic N) is 1. The summed E-state index contributed by atoms with van der Waals surface area (Å²) in [6.45, 7) is 2.69. The Bertz CT molecular complexity index is 857. The highest BCUT2D eigenvalue weighted by Gasteiger charge is 2.18. The second kappa shape index (κ2) is 9.55. The van der Waals surface area contributed by atoms with Crippen molar-refractivity contribution in [2.45, 2.75) is 30.3 Å². The molecule has 0 aliphatic rings. The van der Waals surface area contributed by atoms with Crippen LogP contribution in [0.25, 0.3) is 0 Å². The monoisotopic (exact) mass is 379 g/mol. The van der Waals surface area contributed by atoms with E-state index in [1.807, 2.05) is 59.3 Å². The van der Waals surface area contributed by atoms with Gasteiger partial charge in [-0.2, -0.15) is 0 Å². The van der Waals surface area contributed by atoms with E-state index in [1.165, 1.54) is 11.9 Å². The molecule has 3 N–H and O–H groups in total. The molecule has 3 rings (SSSR count). The van der Waals surface area contributed by atoms with Crippen LogP contribution in [0.15, 0.2) is 88.7 Å². The van der Waals surface area contributed by atoms with Gasteiger partial charge >= 0.3 is 0 Å². The second-order valence-corrected chi connectivity index (χ2v) is 7.39. The van der Waals surface area contributed by atoms with Crippen molar-refractivity contribution in [1.82, 2.24) is 9.29 Å². The maximum Gasteiger partial charge on any atom is 0.266 e. The summed E-state index contributed by atoms with van der Waals surface area (Å²) < 4.78 is 5.12. The minimum absolute atomic E-state index is 0.00680. The average molecular weight is 380 g/mol. The number of benzene rings is 2. The zero-order valence-corrected chi connectivity index (χ0v) is 16.2. The molecule has 4 nitrogen and oxygen atoms in total. The molecule has 0 aliphatic heterocycles. The second-order valence-electron chi connectivity index (χ2n) is 6.51. The molecular weight excluding hydrogens is 354 g/mol. The van der Waals surface area contributed by atoms with Crippen LogP contribution in [0.5, 0.6) is 0 Å². The van der Waals surface area contributed by atoms with Crippen molar-refractivity contribution in [1.29, 1.82) is 0 Å². The molecule has 2 aromatic carbocycles. The zero-order chi connectivity index (χ0) is 19.1. The van der Waals surface area contributed by atoms with Crippen LogP contribution in [-0.4, -0.2) is 17.2 Å². The summed E-state index contributed by atoms with van der Waals surface area (Å²) >= 11 is 1.38. The van der Waals surface area contributed by atoms with Gasteiger partial charge in [0.1, 0.15) is 0 Å². The summed E-state index contributed by atoms with van der Waals surface area (Å²) in [7, 11) is 0. The minimum atomic E-state index is -0.165. The van der Waals surface area contributed by atoms with Crippen LogP contribution >= 0.6 is 11.9 Å². The molecule has 1 aromatic heterocycles. The number of hydrogen-bond acceptors (Lipinski definition) is 4. The van der Waals surface area contributed by atoms with Crippen molar-refractivity contribution in [2.75, 3.05) is 6.54 Å². The van der Waals surface area contributed by atoms with E-state index in [1.54, 1.807) is 0 Å². The molecule has 0 aliphatic carbocycles. The van der Waals surface area contributed by atoms with Crippen molar-refractivity contribution in [3.05, 3.63) is 100 Å². The zero-order valence-electron chi connectivity index (χ0n) is 15.4. The van der Waals surface area contributed by atoms with Crippen LogP contribution in [0.2, 0.25) is 0 Å². The number of rotatable bonds is 8. The Morgan fingerprint density at radius 1 is 0.963 bits per heavy atom. The third-order valence-corrected chi connectivity index (χ3v) is 5.47. The standard InChI is InChI=1S/C22H25N3OS/c1-17(14-15-23)24-27-20-13-8-16-25(22(20)26)21(18-9-4-2-5-10-18)19-11-6-3-7-12-19/h2-13,16-17,21,24H,14-15,23H2,1H3. The Kier molecular flexibility index (Phi) is 6.87. The summed E-state index contributed by atoms with van der Waals surface area (Å²) in [6, 6.07) is 24.1. The van der Waals surface area contributed by atoms with Gasteiger partial charge in [-0.15, -0.1) is 0 Å². The quantitative estimate of drug-likeness (QED) is 0.584. The van der Waals surface area contributed by atoms with Crippen LogP contribution in [0.1, 0.15) is 30.5 Å². The highest BCUT2D eigenvalue weighted by Crippen LogP contribution is 2.26. The maximum absolute atomic E-state index is 13.2. The van der Waals surface area contributed by atoms with Crippen LogP contribution in [-0.2, 0) is 0 Å². The normalized spacial score (nSPS) is 12.3. The van der Waals surface area contributed by atoms with Crippen molar-refractivity contribution >= 4 is 11.9 Å². The SMILES string of the molecule is CC(CCN)NSc1cccn(C(c2ccccc2)c2ccccc2)c1=O. The van der Waals surface area contributed by atoms with Gasteiger partial charge in [-0.1, -0.05) is 60.7 Å². The molecule has 0 radical (unpaired) electrons. The lowest BCUT2D eigenvalue weighted by Gasteiger charge is -2.22. The Hall–Kier alpha value is -2.34. The van der Waals surface area contributed by atoms with Gasteiger partial charge in [-0.25, -0.2) is 0 Å². The van der Waals surface area contributed by atoms with E-state index in [-0.39, 0.29) is 17.6 Å². The fourth-order valence-electron chi connectivity index (χ4n) is 3.03. The van der Waals surface area contributed by atoms with Crippen molar-refractivity contribution in [2.24, 2.45) is 5.73 Å². The molecule has 0 spiro atoms. The fraction of sp³-hybridized carbons (Fsp3) is 0.227. The molecule has 3 aromatic rings. The highest BCUT2D eigenvalue weighted by atomic mass is 32.2. The molecule has 5 heteroatoms. The van der Waals surface area contributed by atoms with E-state index in [0.717, 1.165) is 17.5 Å². The largest absolute Gasteiger partial charge is 0.330 e. The number of nitrogens with two attached hydrogens (primary N) is 1. The third-order valence-electron chi connectivity index (χ3n) is 4.42. The van der Waals surface area contributed by atoms with Gasteiger partial charge < -0.3 is 10.3 Å². The molecule has 1 heterocycles. The molecule has 0 saturated carbocycles. The molecule has 27 heavy (non-hydrogen) atoms. The Balaban J connectivity index is 1.98. The number of aromatic nitrogens is 1. The van der Waals surface area contributed by atoms with E-state index in [2.05, 4.69) is 35.9 Å². The lowest BCUT2D eigenvalue weighted by atomic mass is 9.98. The molecule has 0 fully saturated rings. The van der Waals surface area contributed by atoms with Gasteiger partial charge in [0.05, 0.1) is 10.9 Å². The fourth-order valence-corrected chi connectivity index (χ4v) is 3.81. The van der Waals surface area contributed by atoms with Crippen molar-refractivity contribution < 1.29 is 0 Å². The predicted octanol–water partition coefficient (Wildman–Crippen LogP) is 3.82. The Morgan fingerprint density at radius 3 is 2.11 bits per heavy atom. The Morgan fingerprint density at radius 2 is 1.56 bits per heavy atom. The lowest BCUT2D eigenvalue weighted by Crippen LogP contribution is -2.29. The van der Waals surface area contributed by atoms with Crippen LogP contribution in [0, 0.1) is 0 Å². The van der Waals surface area contributed by atoms with Gasteiger partial charge in [0.15, 0.2) is 0 Å². The summed E-state index contributed by atoms with van der Waals surface area (Å²) in [6.07, 6.45) is 2.73. The predicted molar refractivity (Wildman–Crippen MR) is 113 cm³/mol. The van der Waals surface area contributed by atoms with Gasteiger partial charge in [0, 0.05) is 12.2 Å². The molecule has 1 unspecified atom stereocenters. The number of hydrogen-bond donors (Lipinski definition) is 2. The van der Waals surface area contributed by atoms with E-state index >= 15 is 0 Å². The Labute approximate surface area is 164 Å². The van der Waals surface area contributed by atoms with E-state index in [9.17, 15) is 4.79 Å². The summed E-state index contributed by atoms with van der Waals surface area (Å²) in [5.41, 5.74) is 7.76. The van der Waals surface area contributed by atoms with Crippen LogP contribution in [0.4, 0.5) is 0 Å². The van der Waals surface area contributed by atoms with Crippen molar-refractivity contribution in [3.63, 3.8) is 0 Å². The summed E-state index contributed by atoms with van der Waals surface area (Å²) in [4.78, 5) is 13.9. The van der Waals surface area contributed by atoms with Crippen LogP contribution < -0.4 is 16.0 Å². The van der Waals surface area contributed by atoms with E-state index < -0.39 is 0 Å². The molecule has 140 valence electrons. The van der Waals surface area contributed by atoms with Crippen LogP contribution in [0.3, 0.4) is 0 Å². The average Bonchev–Trinajstić information content (AvgIpc) is 2.70. The lowest BCUT2D eigenvalue weighted by molar-refractivity contribution is 0.629. The number of pyridine rings is 1. The highest BCUT2D eigenvalue weighted by molar-refractivity contribution is 7.97. The van der Waals surface area contributed by atoms with E-state index in [0.29, 0.717) is 11.4 Å². The summed E-state index contributed by atoms with van der Waals surface area (Å²) in [5, 5.41) is 0. The smallest absolute Gasteiger partial charge is 0.266 e. The first-order valence-electron chi connectivity index (χ1n) is 9.14. The van der Waals surface area contributed by atoms with Gasteiger partial charge in [0.2, 0.25) is 0 Å². The number of nitrogens with one attached hydrogen (secondary N) is 1. The van der Waals surface area contributed by atoms with Gasteiger partial charge in [0.25, 0.3) is 5.56 Å². The molecule has 0 bridgehead atoms. The van der Waals surface area contributed by atoms with Gasteiger partial charge in [-0.3, -0.25) is 9.52 Å². The van der Waals surface area contributed by atoms with Gasteiger partial charge in [-0.05, 0) is 55.1 Å². The first-order valence-corrected chi connectivity index (χ1v) is 9.96.